The Labute approximate surface area is 196 Å². The number of nitrogens with one attached hydrogen (secondary N) is 2. The molecule has 1 aliphatic rings. The molecule has 7 nitrogen and oxygen atoms in total. The molecule has 1 saturated heterocycles. The molecule has 0 bridgehead atoms. The molecule has 0 radical (unpaired) electrons. The minimum Gasteiger partial charge on any atom is -0.450 e. The molecule has 0 aliphatic carbocycles. The van der Waals surface area contributed by atoms with Crippen LogP contribution in [0.1, 0.15) is 32.3 Å². The molecule has 0 unspecified atom stereocenters. The number of piperidine rings is 1. The van der Waals surface area contributed by atoms with Gasteiger partial charge >= 0.3 is 6.09 Å². The summed E-state index contributed by atoms with van der Waals surface area (Å²) >= 11 is 0. The Bertz CT molecular complexity index is 651. The summed E-state index contributed by atoms with van der Waals surface area (Å²) in [4.78, 5) is 20.4. The van der Waals surface area contributed by atoms with E-state index in [1.54, 1.807) is 4.90 Å². The minimum absolute atomic E-state index is 0. The highest BCUT2D eigenvalue weighted by atomic mass is 127. The lowest BCUT2D eigenvalue weighted by Gasteiger charge is -2.32. The molecule has 0 saturated carbocycles. The fourth-order valence-corrected chi connectivity index (χ4v) is 3.25. The lowest BCUT2D eigenvalue weighted by atomic mass is 10.1. The number of likely N-dealkylation sites (N-methyl/N-ethyl adjacent to an activating group) is 1. The third-order valence-electron chi connectivity index (χ3n) is 4.82. The van der Waals surface area contributed by atoms with Gasteiger partial charge in [-0.25, -0.2) is 9.18 Å². The molecular weight excluding hydrogens is 500 g/mol. The SMILES string of the molecule is CCNC(=NCCN(C)Cc1ccc(F)cc1)NC1CCN(C(=O)OCC)CC1.I. The summed E-state index contributed by atoms with van der Waals surface area (Å²) < 4.78 is 18.1. The van der Waals surface area contributed by atoms with Gasteiger partial charge in [0, 0.05) is 38.8 Å². The van der Waals surface area contributed by atoms with Crippen LogP contribution in [0.5, 0.6) is 0 Å². The first-order valence-electron chi connectivity index (χ1n) is 10.4. The van der Waals surface area contributed by atoms with E-state index in [0.717, 1.165) is 44.0 Å². The van der Waals surface area contributed by atoms with E-state index in [-0.39, 0.29) is 41.9 Å². The van der Waals surface area contributed by atoms with Crippen LogP contribution >= 0.6 is 24.0 Å². The molecule has 1 aliphatic heterocycles. The molecule has 1 aromatic carbocycles. The minimum atomic E-state index is -0.226. The summed E-state index contributed by atoms with van der Waals surface area (Å²) in [5.74, 6) is 0.590. The van der Waals surface area contributed by atoms with Crippen LogP contribution in [-0.2, 0) is 11.3 Å². The summed E-state index contributed by atoms with van der Waals surface area (Å²) in [6.07, 6.45) is 1.51. The molecule has 2 N–H and O–H groups in total. The lowest BCUT2D eigenvalue weighted by molar-refractivity contribution is 0.0963. The number of nitrogens with zero attached hydrogens (tertiary/aromatic N) is 3. The molecule has 1 amide bonds. The summed E-state index contributed by atoms with van der Waals surface area (Å²) in [6.45, 7) is 8.66. The standard InChI is InChI=1S/C21H34FN5O2.HI/c1-4-23-20(25-19-10-13-27(14-11-19)21(28)29-5-2)24-12-15-26(3)16-17-6-8-18(22)9-7-17;/h6-9,19H,4-5,10-16H2,1-3H3,(H2,23,24,25);1H. The Balaban J connectivity index is 0.00000450. The summed E-state index contributed by atoms with van der Waals surface area (Å²) in [6, 6.07) is 6.88. The third-order valence-corrected chi connectivity index (χ3v) is 4.82. The molecule has 1 heterocycles. The van der Waals surface area contributed by atoms with Gasteiger partial charge < -0.3 is 25.2 Å². The van der Waals surface area contributed by atoms with Crippen molar-refractivity contribution < 1.29 is 13.9 Å². The van der Waals surface area contributed by atoms with E-state index in [1.807, 2.05) is 33.0 Å². The van der Waals surface area contributed by atoms with Crippen LogP contribution < -0.4 is 10.6 Å². The third kappa shape index (κ3) is 9.46. The average molecular weight is 535 g/mol. The zero-order chi connectivity index (χ0) is 21.1. The van der Waals surface area contributed by atoms with Gasteiger partial charge in [0.2, 0.25) is 0 Å². The first-order valence-corrected chi connectivity index (χ1v) is 10.4. The monoisotopic (exact) mass is 535 g/mol. The number of aliphatic imine (C=N–C) groups is 1. The van der Waals surface area contributed by atoms with Gasteiger partial charge in [-0.1, -0.05) is 12.1 Å². The average Bonchev–Trinajstić information content (AvgIpc) is 2.70. The van der Waals surface area contributed by atoms with E-state index in [9.17, 15) is 9.18 Å². The Morgan fingerprint density at radius 1 is 1.27 bits per heavy atom. The number of hydrogen-bond donors (Lipinski definition) is 2. The highest BCUT2D eigenvalue weighted by Crippen LogP contribution is 2.11. The van der Waals surface area contributed by atoms with Crippen molar-refractivity contribution in [1.82, 2.24) is 20.4 Å². The Morgan fingerprint density at radius 3 is 2.53 bits per heavy atom. The van der Waals surface area contributed by atoms with Gasteiger partial charge in [0.15, 0.2) is 5.96 Å². The van der Waals surface area contributed by atoms with E-state index in [1.165, 1.54) is 12.1 Å². The van der Waals surface area contributed by atoms with Gasteiger partial charge in [-0.05, 0) is 51.4 Å². The van der Waals surface area contributed by atoms with Crippen LogP contribution in [0.25, 0.3) is 0 Å². The number of ether oxygens (including phenoxy) is 1. The first kappa shape index (κ1) is 26.4. The van der Waals surface area contributed by atoms with Crippen LogP contribution in [0.4, 0.5) is 9.18 Å². The highest BCUT2D eigenvalue weighted by molar-refractivity contribution is 14.0. The molecule has 0 aromatic heterocycles. The number of carbonyl (C=O) groups excluding carboxylic acids is 1. The van der Waals surface area contributed by atoms with Crippen LogP contribution in [0, 0.1) is 5.82 Å². The van der Waals surface area contributed by atoms with E-state index >= 15 is 0 Å². The van der Waals surface area contributed by atoms with Crippen molar-refractivity contribution in [3.63, 3.8) is 0 Å². The van der Waals surface area contributed by atoms with Gasteiger partial charge in [0.05, 0.1) is 13.2 Å². The van der Waals surface area contributed by atoms with Crippen LogP contribution in [0.2, 0.25) is 0 Å². The number of benzene rings is 1. The van der Waals surface area contributed by atoms with E-state index in [0.29, 0.717) is 26.2 Å². The van der Waals surface area contributed by atoms with Gasteiger partial charge in [-0.3, -0.25) is 4.99 Å². The van der Waals surface area contributed by atoms with Crippen LogP contribution in [-0.4, -0.2) is 74.3 Å². The maximum atomic E-state index is 13.0. The van der Waals surface area contributed by atoms with Crippen molar-refractivity contribution in [1.29, 1.82) is 0 Å². The first-order chi connectivity index (χ1) is 14.0. The molecule has 0 atom stereocenters. The van der Waals surface area contributed by atoms with Gasteiger partial charge in [-0.2, -0.15) is 0 Å². The quantitative estimate of drug-likeness (QED) is 0.305. The second-order valence-corrected chi connectivity index (χ2v) is 7.23. The number of carbonyl (C=O) groups is 1. The van der Waals surface area contributed by atoms with Crippen molar-refractivity contribution in [2.45, 2.75) is 39.3 Å². The molecule has 30 heavy (non-hydrogen) atoms. The second kappa shape index (κ2) is 14.4. The molecule has 0 spiro atoms. The number of halogens is 2. The molecule has 170 valence electrons. The van der Waals surface area contributed by atoms with Crippen molar-refractivity contribution in [2.75, 3.05) is 46.4 Å². The van der Waals surface area contributed by atoms with E-state index < -0.39 is 0 Å². The number of amides is 1. The van der Waals surface area contributed by atoms with Gasteiger partial charge in [0.1, 0.15) is 5.82 Å². The highest BCUT2D eigenvalue weighted by Gasteiger charge is 2.24. The maximum absolute atomic E-state index is 13.0. The maximum Gasteiger partial charge on any atom is 0.409 e. The fraction of sp³-hybridized carbons (Fsp3) is 0.619. The Kier molecular flexibility index (Phi) is 12.7. The lowest BCUT2D eigenvalue weighted by Crippen LogP contribution is -2.50. The van der Waals surface area contributed by atoms with Crippen molar-refractivity contribution >= 4 is 36.0 Å². The van der Waals surface area contributed by atoms with Crippen molar-refractivity contribution in [3.8, 4) is 0 Å². The normalized spacial score (nSPS) is 15.0. The largest absolute Gasteiger partial charge is 0.450 e. The molecule has 9 heteroatoms. The Morgan fingerprint density at radius 2 is 1.93 bits per heavy atom. The zero-order valence-corrected chi connectivity index (χ0v) is 20.5. The van der Waals surface area contributed by atoms with Gasteiger partial charge in [-0.15, -0.1) is 24.0 Å². The predicted octanol–water partition coefficient (Wildman–Crippen LogP) is 3.05. The predicted molar refractivity (Wildman–Crippen MR) is 129 cm³/mol. The molecular formula is C21H35FIN5O2. The van der Waals surface area contributed by atoms with Gasteiger partial charge in [0.25, 0.3) is 0 Å². The van der Waals surface area contributed by atoms with Crippen molar-refractivity contribution in [2.24, 2.45) is 4.99 Å². The zero-order valence-electron chi connectivity index (χ0n) is 18.2. The molecule has 1 aromatic rings. The Hall–Kier alpha value is -1.62. The number of guanidine groups is 1. The molecule has 1 fully saturated rings. The summed E-state index contributed by atoms with van der Waals surface area (Å²) in [5, 5.41) is 6.77. The van der Waals surface area contributed by atoms with Crippen molar-refractivity contribution in [3.05, 3.63) is 35.6 Å². The number of likely N-dealkylation sites (tertiary alicyclic amines) is 1. The van der Waals surface area contributed by atoms with Crippen LogP contribution in [0.15, 0.2) is 29.3 Å². The molecule has 2 rings (SSSR count). The fourth-order valence-electron chi connectivity index (χ4n) is 3.25. The topological polar surface area (TPSA) is 69.2 Å². The smallest absolute Gasteiger partial charge is 0.409 e. The number of hydrogen-bond acceptors (Lipinski definition) is 4. The summed E-state index contributed by atoms with van der Waals surface area (Å²) in [5.41, 5.74) is 1.08. The second-order valence-electron chi connectivity index (χ2n) is 7.23. The van der Waals surface area contributed by atoms with E-state index in [2.05, 4.69) is 20.5 Å². The van der Waals surface area contributed by atoms with E-state index in [4.69, 9.17) is 4.74 Å². The number of rotatable bonds is 8. The summed E-state index contributed by atoms with van der Waals surface area (Å²) in [7, 11) is 2.03. The van der Waals surface area contributed by atoms with Crippen LogP contribution in [0.3, 0.4) is 0 Å².